The van der Waals surface area contributed by atoms with Crippen molar-refractivity contribution in [1.82, 2.24) is 14.1 Å². The van der Waals surface area contributed by atoms with Crippen LogP contribution in [0.25, 0.3) is 22.0 Å². The summed E-state index contributed by atoms with van der Waals surface area (Å²) >= 11 is 0. The van der Waals surface area contributed by atoms with Crippen molar-refractivity contribution in [2.24, 2.45) is 12.2 Å². The molecule has 0 atom stereocenters. The van der Waals surface area contributed by atoms with Gasteiger partial charge in [-0.2, -0.15) is 17.8 Å². The fourth-order valence-corrected chi connectivity index (χ4v) is 3.75. The molecular weight excluding hydrogens is 448 g/mol. The number of carbonyl (C=O) groups is 1. The molecule has 0 bridgehead atoms. The van der Waals surface area contributed by atoms with Gasteiger partial charge in [0.15, 0.2) is 0 Å². The van der Waals surface area contributed by atoms with Gasteiger partial charge in [0, 0.05) is 18.0 Å². The summed E-state index contributed by atoms with van der Waals surface area (Å²) in [5, 5.41) is 10.7. The van der Waals surface area contributed by atoms with Crippen molar-refractivity contribution in [1.29, 1.82) is 0 Å². The van der Waals surface area contributed by atoms with E-state index in [1.54, 1.807) is 70.3 Å². The van der Waals surface area contributed by atoms with Gasteiger partial charge in [-0.3, -0.25) is 4.79 Å². The van der Waals surface area contributed by atoms with Crippen LogP contribution in [0.15, 0.2) is 47.3 Å². The zero-order valence-electron chi connectivity index (χ0n) is 19.0. The van der Waals surface area contributed by atoms with E-state index in [4.69, 9.17) is 14.6 Å². The fourth-order valence-electron chi connectivity index (χ4n) is 3.17. The number of aromatic nitrogens is 2. The van der Waals surface area contributed by atoms with Crippen LogP contribution in [0.2, 0.25) is 0 Å². The summed E-state index contributed by atoms with van der Waals surface area (Å²) in [4.78, 5) is 24.9. The zero-order valence-corrected chi connectivity index (χ0v) is 19.8. The average Bonchev–Trinajstić information content (AvgIpc) is 2.72. The Labute approximate surface area is 191 Å². The molecule has 0 saturated heterocycles. The molecule has 0 radical (unpaired) electrons. The molecule has 33 heavy (non-hydrogen) atoms. The minimum absolute atomic E-state index is 0.242. The van der Waals surface area contributed by atoms with Gasteiger partial charge >= 0.3 is 16.3 Å². The number of benzene rings is 2. The summed E-state index contributed by atoms with van der Waals surface area (Å²) in [6.45, 7) is 4.57. The minimum Gasteiger partial charge on any atom is -0.497 e. The molecule has 10 nitrogen and oxygen atoms in total. The van der Waals surface area contributed by atoms with Gasteiger partial charge in [-0.15, -0.1) is 0 Å². The lowest BCUT2D eigenvalue weighted by molar-refractivity contribution is 0.0381. The van der Waals surface area contributed by atoms with Crippen molar-refractivity contribution in [2.75, 3.05) is 7.11 Å². The molecular formula is C22H26N4O6S. The lowest BCUT2D eigenvalue weighted by atomic mass is 10.0. The molecule has 0 aliphatic carbocycles. The van der Waals surface area contributed by atoms with Crippen LogP contribution in [0.1, 0.15) is 26.3 Å². The Morgan fingerprint density at radius 3 is 2.30 bits per heavy atom. The highest BCUT2D eigenvalue weighted by Crippen LogP contribution is 2.28. The molecule has 176 valence electrons. The Balaban J connectivity index is 1.99. The molecule has 3 rings (SSSR count). The predicted molar refractivity (Wildman–Crippen MR) is 124 cm³/mol. The maximum Gasteiger partial charge on any atom is 0.425 e. The molecule has 2 N–H and O–H groups in total. The largest absolute Gasteiger partial charge is 0.497 e. The number of ether oxygens (including phenoxy) is 2. The van der Waals surface area contributed by atoms with E-state index in [0.29, 0.717) is 37.6 Å². The van der Waals surface area contributed by atoms with E-state index in [1.807, 2.05) is 0 Å². The molecule has 0 aliphatic rings. The molecule has 0 fully saturated rings. The van der Waals surface area contributed by atoms with Gasteiger partial charge in [-0.05, 0) is 44.5 Å². The first kappa shape index (κ1) is 24.2. The number of amides is 1. The van der Waals surface area contributed by atoms with Crippen LogP contribution in [-0.2, 0) is 28.5 Å². The number of nitrogens with zero attached hydrogens (tertiary/aromatic N) is 3. The number of nitrogens with two attached hydrogens (primary N) is 1. The summed E-state index contributed by atoms with van der Waals surface area (Å²) < 4.78 is 36.1. The van der Waals surface area contributed by atoms with Gasteiger partial charge in [0.2, 0.25) is 0 Å². The second-order valence-electron chi connectivity index (χ2n) is 8.42. The van der Waals surface area contributed by atoms with E-state index in [2.05, 4.69) is 5.10 Å². The van der Waals surface area contributed by atoms with Crippen LogP contribution < -0.4 is 15.4 Å². The molecule has 0 spiro atoms. The Hall–Kier alpha value is -3.44. The van der Waals surface area contributed by atoms with Crippen molar-refractivity contribution in [3.63, 3.8) is 0 Å². The molecule has 1 amide bonds. The molecule has 1 aromatic heterocycles. The molecule has 0 unspecified atom stereocenters. The lowest BCUT2D eigenvalue weighted by Gasteiger charge is -2.25. The van der Waals surface area contributed by atoms with Crippen LogP contribution in [0.3, 0.4) is 0 Å². The summed E-state index contributed by atoms with van der Waals surface area (Å²) in [6.07, 6.45) is -1.06. The summed E-state index contributed by atoms with van der Waals surface area (Å²) in [6, 6.07) is 11.9. The topological polar surface area (TPSA) is 134 Å². The highest BCUT2D eigenvalue weighted by atomic mass is 32.2. The standard InChI is InChI=1S/C22H26N4O6S/c1-22(2,3)32-21(28)26(33(23,29)30)13-14-6-8-15(9-7-14)19-18-12-16(31-5)10-11-17(18)20(27)25(4)24-19/h6-12H,13H2,1-5H3,(H2,23,29,30). The molecule has 0 aliphatic heterocycles. The monoisotopic (exact) mass is 474 g/mol. The SMILES string of the molecule is COc1ccc2c(=O)n(C)nc(-c3ccc(CN(C(=O)OC(C)(C)C)S(N)(=O)=O)cc3)c2c1. The number of aryl methyl sites for hydroxylation is 1. The number of hydrogen-bond acceptors (Lipinski definition) is 7. The smallest absolute Gasteiger partial charge is 0.425 e. The molecule has 3 aromatic rings. The first-order chi connectivity index (χ1) is 15.3. The number of carbonyl (C=O) groups excluding carboxylic acids is 1. The average molecular weight is 475 g/mol. The Bertz CT molecular complexity index is 1360. The third-order valence-electron chi connectivity index (χ3n) is 4.71. The van der Waals surface area contributed by atoms with Crippen LogP contribution in [-0.4, -0.2) is 41.3 Å². The van der Waals surface area contributed by atoms with Crippen LogP contribution in [0, 0.1) is 0 Å². The maximum atomic E-state index is 12.5. The second-order valence-corrected chi connectivity index (χ2v) is 9.89. The van der Waals surface area contributed by atoms with Gasteiger partial charge < -0.3 is 9.47 Å². The Kier molecular flexibility index (Phi) is 6.48. The van der Waals surface area contributed by atoms with Crippen molar-refractivity contribution >= 4 is 27.1 Å². The van der Waals surface area contributed by atoms with Gasteiger partial charge in [0.1, 0.15) is 11.4 Å². The predicted octanol–water partition coefficient (Wildman–Crippen LogP) is 2.55. The summed E-state index contributed by atoms with van der Waals surface area (Å²) in [5.74, 6) is 0.580. The van der Waals surface area contributed by atoms with E-state index >= 15 is 0 Å². The number of fused-ring (bicyclic) bond motifs is 1. The third kappa shape index (κ3) is 5.49. The molecule has 1 heterocycles. The van der Waals surface area contributed by atoms with Gasteiger partial charge in [0.05, 0.1) is 24.7 Å². The van der Waals surface area contributed by atoms with Crippen LogP contribution >= 0.6 is 0 Å². The van der Waals surface area contributed by atoms with E-state index in [1.165, 1.54) is 11.8 Å². The van der Waals surface area contributed by atoms with Gasteiger partial charge in [-0.1, -0.05) is 24.3 Å². The minimum atomic E-state index is -4.35. The number of hydrogen-bond donors (Lipinski definition) is 1. The van der Waals surface area contributed by atoms with Crippen molar-refractivity contribution in [2.45, 2.75) is 32.9 Å². The van der Waals surface area contributed by atoms with Crippen LogP contribution in [0.4, 0.5) is 4.79 Å². The van der Waals surface area contributed by atoms with Crippen molar-refractivity contribution in [3.8, 4) is 17.0 Å². The Morgan fingerprint density at radius 2 is 1.76 bits per heavy atom. The van der Waals surface area contributed by atoms with E-state index in [9.17, 15) is 18.0 Å². The quantitative estimate of drug-likeness (QED) is 0.600. The van der Waals surface area contributed by atoms with E-state index < -0.39 is 21.9 Å². The van der Waals surface area contributed by atoms with Crippen molar-refractivity contribution < 1.29 is 22.7 Å². The third-order valence-corrected chi connectivity index (χ3v) is 5.61. The maximum absolute atomic E-state index is 12.5. The first-order valence-corrected chi connectivity index (χ1v) is 11.5. The van der Waals surface area contributed by atoms with Crippen molar-refractivity contribution in [3.05, 3.63) is 58.4 Å². The first-order valence-electron chi connectivity index (χ1n) is 9.98. The summed E-state index contributed by atoms with van der Waals surface area (Å²) in [5.41, 5.74) is 0.612. The van der Waals surface area contributed by atoms with Crippen LogP contribution in [0.5, 0.6) is 5.75 Å². The summed E-state index contributed by atoms with van der Waals surface area (Å²) in [7, 11) is -1.25. The molecule has 11 heteroatoms. The zero-order chi connectivity index (χ0) is 24.6. The second kappa shape index (κ2) is 8.83. The molecule has 2 aromatic carbocycles. The normalized spacial score (nSPS) is 11.9. The van der Waals surface area contributed by atoms with Gasteiger partial charge in [-0.25, -0.2) is 14.6 Å². The lowest BCUT2D eigenvalue weighted by Crippen LogP contribution is -2.43. The highest BCUT2D eigenvalue weighted by Gasteiger charge is 2.29. The highest BCUT2D eigenvalue weighted by molar-refractivity contribution is 7.87. The van der Waals surface area contributed by atoms with E-state index in [0.717, 1.165) is 0 Å². The van der Waals surface area contributed by atoms with E-state index in [-0.39, 0.29) is 12.1 Å². The number of methoxy groups -OCH3 is 1. The number of rotatable bonds is 5. The Morgan fingerprint density at radius 1 is 1.12 bits per heavy atom. The molecule has 0 saturated carbocycles. The van der Waals surface area contributed by atoms with Gasteiger partial charge in [0.25, 0.3) is 5.56 Å². The fraction of sp³-hybridized carbons (Fsp3) is 0.318.